The van der Waals surface area contributed by atoms with Crippen LogP contribution in [0.15, 0.2) is 30.6 Å². The summed E-state index contributed by atoms with van der Waals surface area (Å²) >= 11 is 0. The minimum absolute atomic E-state index is 0.326. The van der Waals surface area contributed by atoms with Crippen molar-refractivity contribution in [3.63, 3.8) is 0 Å². The van der Waals surface area contributed by atoms with Crippen molar-refractivity contribution in [1.29, 1.82) is 0 Å². The second kappa shape index (κ2) is 4.92. The topological polar surface area (TPSA) is 26.3 Å². The van der Waals surface area contributed by atoms with Crippen LogP contribution in [0, 0.1) is 6.92 Å². The molecule has 0 aliphatic rings. The SMILES string of the molecule is C=C(F)C(=O)Oc1ccc(C)c(C(C)C)c1. The van der Waals surface area contributed by atoms with Gasteiger partial charge in [0, 0.05) is 0 Å². The fourth-order valence-electron chi connectivity index (χ4n) is 1.47. The van der Waals surface area contributed by atoms with Gasteiger partial charge < -0.3 is 4.74 Å². The third kappa shape index (κ3) is 2.92. The van der Waals surface area contributed by atoms with Crippen molar-refractivity contribution in [2.24, 2.45) is 0 Å². The fraction of sp³-hybridized carbons (Fsp3) is 0.308. The van der Waals surface area contributed by atoms with Gasteiger partial charge in [0.05, 0.1) is 0 Å². The van der Waals surface area contributed by atoms with E-state index in [1.807, 2.05) is 26.8 Å². The van der Waals surface area contributed by atoms with Gasteiger partial charge >= 0.3 is 5.97 Å². The molecule has 0 spiro atoms. The Balaban J connectivity index is 2.95. The fourth-order valence-corrected chi connectivity index (χ4v) is 1.47. The van der Waals surface area contributed by atoms with Gasteiger partial charge in [-0.05, 0) is 36.1 Å². The Morgan fingerprint density at radius 1 is 1.44 bits per heavy atom. The van der Waals surface area contributed by atoms with Gasteiger partial charge in [0.25, 0.3) is 0 Å². The number of hydrogen-bond acceptors (Lipinski definition) is 2. The summed E-state index contributed by atoms with van der Waals surface area (Å²) in [5.74, 6) is -1.46. The largest absolute Gasteiger partial charge is 0.421 e. The highest BCUT2D eigenvalue weighted by Crippen LogP contribution is 2.24. The van der Waals surface area contributed by atoms with Crippen LogP contribution in [0.25, 0.3) is 0 Å². The van der Waals surface area contributed by atoms with Crippen molar-refractivity contribution in [1.82, 2.24) is 0 Å². The van der Waals surface area contributed by atoms with Crippen molar-refractivity contribution in [3.05, 3.63) is 41.7 Å². The zero-order chi connectivity index (χ0) is 12.3. The van der Waals surface area contributed by atoms with E-state index < -0.39 is 11.8 Å². The van der Waals surface area contributed by atoms with E-state index in [9.17, 15) is 9.18 Å². The highest BCUT2D eigenvalue weighted by atomic mass is 19.1. The van der Waals surface area contributed by atoms with Gasteiger partial charge in [-0.2, -0.15) is 4.39 Å². The van der Waals surface area contributed by atoms with Crippen LogP contribution in [0.5, 0.6) is 5.75 Å². The summed E-state index contributed by atoms with van der Waals surface area (Å²) in [5, 5.41) is 0. The Morgan fingerprint density at radius 2 is 2.06 bits per heavy atom. The first-order chi connectivity index (χ1) is 7.41. The molecule has 0 fully saturated rings. The highest BCUT2D eigenvalue weighted by molar-refractivity contribution is 5.87. The monoisotopic (exact) mass is 222 g/mol. The maximum atomic E-state index is 12.5. The zero-order valence-electron chi connectivity index (χ0n) is 9.71. The third-order valence-electron chi connectivity index (χ3n) is 2.30. The second-order valence-corrected chi connectivity index (χ2v) is 3.97. The molecule has 0 aliphatic carbocycles. The lowest BCUT2D eigenvalue weighted by Crippen LogP contribution is -2.08. The number of halogens is 1. The van der Waals surface area contributed by atoms with E-state index in [0.717, 1.165) is 11.1 Å². The molecule has 1 aromatic carbocycles. The average molecular weight is 222 g/mol. The van der Waals surface area contributed by atoms with Gasteiger partial charge in [-0.3, -0.25) is 0 Å². The molecule has 0 saturated heterocycles. The molecule has 0 heterocycles. The van der Waals surface area contributed by atoms with Gasteiger partial charge in [-0.1, -0.05) is 26.5 Å². The quantitative estimate of drug-likeness (QED) is 0.444. The number of carbonyl (C=O) groups excluding carboxylic acids is 1. The summed E-state index contributed by atoms with van der Waals surface area (Å²) in [6.45, 7) is 8.95. The van der Waals surface area contributed by atoms with E-state index in [1.54, 1.807) is 12.1 Å². The van der Waals surface area contributed by atoms with Gasteiger partial charge in [0.1, 0.15) is 5.75 Å². The van der Waals surface area contributed by atoms with Gasteiger partial charge in [0.2, 0.25) is 5.83 Å². The first kappa shape index (κ1) is 12.4. The van der Waals surface area contributed by atoms with E-state index in [0.29, 0.717) is 11.7 Å². The lowest BCUT2D eigenvalue weighted by atomic mass is 9.98. The third-order valence-corrected chi connectivity index (χ3v) is 2.30. The maximum absolute atomic E-state index is 12.5. The number of carbonyl (C=O) groups is 1. The van der Waals surface area contributed by atoms with Crippen LogP contribution in [0.2, 0.25) is 0 Å². The summed E-state index contributed by atoms with van der Waals surface area (Å²) in [4.78, 5) is 11.0. The van der Waals surface area contributed by atoms with Gasteiger partial charge in [-0.15, -0.1) is 0 Å². The predicted molar refractivity (Wildman–Crippen MR) is 61.2 cm³/mol. The second-order valence-electron chi connectivity index (χ2n) is 3.97. The number of aryl methyl sites for hydroxylation is 1. The first-order valence-electron chi connectivity index (χ1n) is 5.09. The smallest absolute Gasteiger partial charge is 0.371 e. The summed E-state index contributed by atoms with van der Waals surface area (Å²) in [6.07, 6.45) is 0. The minimum atomic E-state index is -1.09. The molecule has 0 saturated carbocycles. The molecule has 0 atom stereocenters. The normalized spacial score (nSPS) is 10.3. The first-order valence-corrected chi connectivity index (χ1v) is 5.09. The Morgan fingerprint density at radius 3 is 2.56 bits per heavy atom. The van der Waals surface area contributed by atoms with E-state index in [2.05, 4.69) is 6.58 Å². The number of rotatable bonds is 3. The molecule has 0 amide bonds. The number of benzene rings is 1. The molecule has 1 rings (SSSR count). The molecule has 0 aromatic heterocycles. The van der Waals surface area contributed by atoms with Gasteiger partial charge in [-0.25, -0.2) is 4.79 Å². The Hall–Kier alpha value is -1.64. The average Bonchev–Trinajstić information content (AvgIpc) is 2.20. The molecule has 86 valence electrons. The molecule has 1 aromatic rings. The van der Waals surface area contributed by atoms with Crippen LogP contribution < -0.4 is 4.74 Å². The van der Waals surface area contributed by atoms with Crippen LogP contribution in [-0.4, -0.2) is 5.97 Å². The Bertz CT molecular complexity index is 422. The van der Waals surface area contributed by atoms with E-state index >= 15 is 0 Å². The molecular weight excluding hydrogens is 207 g/mol. The summed E-state index contributed by atoms with van der Waals surface area (Å²) < 4.78 is 17.3. The molecule has 0 radical (unpaired) electrons. The van der Waals surface area contributed by atoms with Crippen LogP contribution in [0.4, 0.5) is 4.39 Å². The van der Waals surface area contributed by atoms with Crippen LogP contribution >= 0.6 is 0 Å². The van der Waals surface area contributed by atoms with Crippen molar-refractivity contribution in [2.75, 3.05) is 0 Å². The minimum Gasteiger partial charge on any atom is -0.421 e. The summed E-state index contributed by atoms with van der Waals surface area (Å²) in [5.41, 5.74) is 2.20. The van der Waals surface area contributed by atoms with E-state index in [4.69, 9.17) is 4.74 Å². The lowest BCUT2D eigenvalue weighted by molar-refractivity contribution is -0.131. The van der Waals surface area contributed by atoms with E-state index in [-0.39, 0.29) is 0 Å². The molecule has 0 N–H and O–H groups in total. The predicted octanol–water partition coefficient (Wildman–Crippen LogP) is 3.51. The van der Waals surface area contributed by atoms with Crippen molar-refractivity contribution < 1.29 is 13.9 Å². The zero-order valence-corrected chi connectivity index (χ0v) is 9.71. The number of hydrogen-bond donors (Lipinski definition) is 0. The molecule has 16 heavy (non-hydrogen) atoms. The standard InChI is InChI=1S/C13H15FO2/c1-8(2)12-7-11(6-5-9(12)3)16-13(15)10(4)14/h5-8H,4H2,1-3H3. The lowest BCUT2D eigenvalue weighted by Gasteiger charge is -2.11. The highest BCUT2D eigenvalue weighted by Gasteiger charge is 2.11. The molecular formula is C13H15FO2. The molecule has 0 unspecified atom stereocenters. The van der Waals surface area contributed by atoms with Crippen LogP contribution in [-0.2, 0) is 4.79 Å². The van der Waals surface area contributed by atoms with Gasteiger partial charge in [0.15, 0.2) is 0 Å². The Kier molecular flexibility index (Phi) is 3.82. The summed E-state index contributed by atoms with van der Waals surface area (Å²) in [6, 6.07) is 5.24. The van der Waals surface area contributed by atoms with Crippen LogP contribution in [0.3, 0.4) is 0 Å². The maximum Gasteiger partial charge on any atom is 0.371 e. The number of ether oxygens (including phenoxy) is 1. The molecule has 3 heteroatoms. The van der Waals surface area contributed by atoms with Crippen molar-refractivity contribution in [3.8, 4) is 5.75 Å². The number of esters is 1. The molecule has 2 nitrogen and oxygen atoms in total. The van der Waals surface area contributed by atoms with Crippen molar-refractivity contribution >= 4 is 5.97 Å². The Labute approximate surface area is 94.7 Å². The molecule has 0 bridgehead atoms. The van der Waals surface area contributed by atoms with E-state index in [1.165, 1.54) is 0 Å². The summed E-state index contributed by atoms with van der Waals surface area (Å²) in [7, 11) is 0. The molecule has 0 aliphatic heterocycles. The van der Waals surface area contributed by atoms with Crippen molar-refractivity contribution in [2.45, 2.75) is 26.7 Å². The van der Waals surface area contributed by atoms with Crippen LogP contribution in [0.1, 0.15) is 30.9 Å².